The van der Waals surface area contributed by atoms with Crippen molar-refractivity contribution in [3.63, 3.8) is 0 Å². The number of nitrogens with zero attached hydrogens (tertiary/aromatic N) is 1. The molecule has 0 aromatic heterocycles. The highest BCUT2D eigenvalue weighted by molar-refractivity contribution is 6.24. The summed E-state index contributed by atoms with van der Waals surface area (Å²) in [4.78, 5) is 27.1. The van der Waals surface area contributed by atoms with Gasteiger partial charge in [0.05, 0.1) is 0 Å². The lowest BCUT2D eigenvalue weighted by atomic mass is 9.95. The standard InChI is InChI=1S/C26H23FN2O3/c1-17-5-7-20(8-6-17)24(14-18-3-2-4-23(27)13-18)26(31)29-12-11-19-9-10-21(25(30)28-32)15-22(19)16-29/h2-10,13-15,32H,11-12,16H2,1H3,(H,28,30)/b24-14+. The normalized spacial score (nSPS) is 13.5. The lowest BCUT2D eigenvalue weighted by Gasteiger charge is -2.30. The van der Waals surface area contributed by atoms with Crippen LogP contribution in [0.2, 0.25) is 0 Å². The lowest BCUT2D eigenvalue weighted by molar-refractivity contribution is -0.125. The minimum Gasteiger partial charge on any atom is -0.334 e. The van der Waals surface area contributed by atoms with E-state index in [0.29, 0.717) is 36.2 Å². The number of hydroxylamine groups is 1. The number of aryl methyl sites for hydroxylation is 1. The van der Waals surface area contributed by atoms with Crippen LogP contribution in [0.1, 0.15) is 38.2 Å². The second-order valence-electron chi connectivity index (χ2n) is 7.88. The van der Waals surface area contributed by atoms with E-state index in [0.717, 1.165) is 22.3 Å². The van der Waals surface area contributed by atoms with Crippen LogP contribution in [0, 0.1) is 12.7 Å². The molecule has 0 atom stereocenters. The third kappa shape index (κ3) is 4.60. The first-order valence-corrected chi connectivity index (χ1v) is 10.3. The summed E-state index contributed by atoms with van der Waals surface area (Å²) in [5.74, 6) is -1.13. The minimum absolute atomic E-state index is 0.166. The summed E-state index contributed by atoms with van der Waals surface area (Å²) in [6, 6.07) is 19.0. The first-order chi connectivity index (χ1) is 15.4. The van der Waals surface area contributed by atoms with Gasteiger partial charge in [-0.25, -0.2) is 9.87 Å². The Labute approximate surface area is 185 Å². The fourth-order valence-corrected chi connectivity index (χ4v) is 3.87. The number of benzene rings is 3. The van der Waals surface area contributed by atoms with E-state index in [-0.39, 0.29) is 11.7 Å². The second-order valence-corrected chi connectivity index (χ2v) is 7.88. The number of hydrogen-bond donors (Lipinski definition) is 2. The molecule has 0 saturated heterocycles. The van der Waals surface area contributed by atoms with Gasteiger partial charge >= 0.3 is 0 Å². The summed E-state index contributed by atoms with van der Waals surface area (Å²) < 4.78 is 13.8. The molecule has 0 spiro atoms. The Bertz CT molecular complexity index is 1200. The molecule has 5 nitrogen and oxygen atoms in total. The van der Waals surface area contributed by atoms with E-state index in [1.807, 2.05) is 37.3 Å². The van der Waals surface area contributed by atoms with Gasteiger partial charge in [0.1, 0.15) is 5.82 Å². The van der Waals surface area contributed by atoms with Gasteiger partial charge in [0.25, 0.3) is 11.8 Å². The summed E-state index contributed by atoms with van der Waals surface area (Å²) in [5, 5.41) is 8.91. The van der Waals surface area contributed by atoms with Crippen molar-refractivity contribution in [2.24, 2.45) is 0 Å². The summed E-state index contributed by atoms with van der Waals surface area (Å²) in [6.45, 7) is 2.85. The predicted molar refractivity (Wildman–Crippen MR) is 120 cm³/mol. The van der Waals surface area contributed by atoms with Gasteiger partial charge in [-0.15, -0.1) is 0 Å². The maximum Gasteiger partial charge on any atom is 0.274 e. The van der Waals surface area contributed by atoms with Crippen molar-refractivity contribution in [3.05, 3.63) is 106 Å². The van der Waals surface area contributed by atoms with Gasteiger partial charge in [-0.2, -0.15) is 0 Å². The van der Waals surface area contributed by atoms with Crippen molar-refractivity contribution in [2.45, 2.75) is 19.9 Å². The van der Waals surface area contributed by atoms with E-state index in [1.54, 1.807) is 40.7 Å². The van der Waals surface area contributed by atoms with Crippen LogP contribution in [0.5, 0.6) is 0 Å². The Hall–Kier alpha value is -3.77. The monoisotopic (exact) mass is 430 g/mol. The zero-order valence-corrected chi connectivity index (χ0v) is 17.6. The van der Waals surface area contributed by atoms with E-state index in [1.165, 1.54) is 12.1 Å². The Morgan fingerprint density at radius 3 is 2.47 bits per heavy atom. The summed E-state index contributed by atoms with van der Waals surface area (Å²) >= 11 is 0. The van der Waals surface area contributed by atoms with Crippen LogP contribution in [-0.2, 0) is 17.8 Å². The number of rotatable bonds is 4. The van der Waals surface area contributed by atoms with Crippen LogP contribution in [0.15, 0.2) is 66.7 Å². The van der Waals surface area contributed by atoms with Gasteiger partial charge in [-0.3, -0.25) is 14.8 Å². The second kappa shape index (κ2) is 9.16. The van der Waals surface area contributed by atoms with E-state index in [9.17, 15) is 14.0 Å². The van der Waals surface area contributed by atoms with Crippen molar-refractivity contribution in [1.82, 2.24) is 10.4 Å². The molecule has 0 radical (unpaired) electrons. The molecular weight excluding hydrogens is 407 g/mol. The van der Waals surface area contributed by atoms with Crippen LogP contribution >= 0.6 is 0 Å². The molecule has 1 aliphatic rings. The molecule has 0 unspecified atom stereocenters. The summed E-state index contributed by atoms with van der Waals surface area (Å²) in [7, 11) is 0. The van der Waals surface area contributed by atoms with E-state index in [4.69, 9.17) is 5.21 Å². The summed E-state index contributed by atoms with van der Waals surface area (Å²) in [5.41, 5.74) is 6.80. The number of halogens is 1. The Kier molecular flexibility index (Phi) is 6.14. The molecule has 6 heteroatoms. The van der Waals surface area contributed by atoms with Gasteiger partial charge in [0.15, 0.2) is 0 Å². The van der Waals surface area contributed by atoms with Crippen molar-refractivity contribution in [3.8, 4) is 0 Å². The molecule has 0 fully saturated rings. The van der Waals surface area contributed by atoms with Gasteiger partial charge in [-0.05, 0) is 65.9 Å². The molecule has 3 aromatic carbocycles. The van der Waals surface area contributed by atoms with Crippen LogP contribution in [0.3, 0.4) is 0 Å². The van der Waals surface area contributed by atoms with Gasteiger partial charge in [-0.1, -0.05) is 48.0 Å². The van der Waals surface area contributed by atoms with Crippen molar-refractivity contribution in [2.75, 3.05) is 6.54 Å². The summed E-state index contributed by atoms with van der Waals surface area (Å²) in [6.07, 6.45) is 2.37. The maximum atomic E-state index is 13.8. The molecule has 1 heterocycles. The molecule has 0 bridgehead atoms. The lowest BCUT2D eigenvalue weighted by Crippen LogP contribution is -2.36. The molecule has 2 N–H and O–H groups in total. The van der Waals surface area contributed by atoms with Crippen molar-refractivity contribution >= 4 is 23.5 Å². The smallest absolute Gasteiger partial charge is 0.274 e. The SMILES string of the molecule is Cc1ccc(/C(=C\c2cccc(F)c2)C(=O)N2CCc3ccc(C(=O)NO)cc3C2)cc1. The number of amides is 2. The van der Waals surface area contributed by atoms with Gasteiger partial charge in [0.2, 0.25) is 0 Å². The van der Waals surface area contributed by atoms with Crippen LogP contribution in [0.25, 0.3) is 11.6 Å². The molecule has 1 aliphatic heterocycles. The molecule has 0 aliphatic carbocycles. The average molecular weight is 430 g/mol. The van der Waals surface area contributed by atoms with E-state index < -0.39 is 5.91 Å². The highest BCUT2D eigenvalue weighted by atomic mass is 19.1. The number of carbonyl (C=O) groups excluding carboxylic acids is 2. The van der Waals surface area contributed by atoms with Crippen molar-refractivity contribution < 1.29 is 19.2 Å². The van der Waals surface area contributed by atoms with Crippen LogP contribution in [-0.4, -0.2) is 28.5 Å². The Balaban J connectivity index is 1.69. The molecule has 32 heavy (non-hydrogen) atoms. The molecule has 3 aromatic rings. The van der Waals surface area contributed by atoms with Crippen LogP contribution in [0.4, 0.5) is 4.39 Å². The topological polar surface area (TPSA) is 69.6 Å². The fourth-order valence-electron chi connectivity index (χ4n) is 3.87. The third-order valence-corrected chi connectivity index (χ3v) is 5.62. The number of fused-ring (bicyclic) bond motifs is 1. The zero-order valence-electron chi connectivity index (χ0n) is 17.6. The quantitative estimate of drug-likeness (QED) is 0.279. The largest absolute Gasteiger partial charge is 0.334 e. The Morgan fingerprint density at radius 1 is 1.00 bits per heavy atom. The molecule has 0 saturated carbocycles. The van der Waals surface area contributed by atoms with E-state index in [2.05, 4.69) is 0 Å². The predicted octanol–water partition coefficient (Wildman–Crippen LogP) is 4.38. The third-order valence-electron chi connectivity index (χ3n) is 5.62. The first kappa shape index (κ1) is 21.5. The molecule has 162 valence electrons. The van der Waals surface area contributed by atoms with E-state index >= 15 is 0 Å². The minimum atomic E-state index is -0.595. The number of hydrogen-bond acceptors (Lipinski definition) is 3. The maximum absolute atomic E-state index is 13.8. The fraction of sp³-hybridized carbons (Fsp3) is 0.154. The van der Waals surface area contributed by atoms with Crippen LogP contribution < -0.4 is 5.48 Å². The molecule has 4 rings (SSSR count). The van der Waals surface area contributed by atoms with Gasteiger partial charge < -0.3 is 4.90 Å². The number of nitrogens with one attached hydrogen (secondary N) is 1. The van der Waals surface area contributed by atoms with Crippen molar-refractivity contribution in [1.29, 1.82) is 0 Å². The highest BCUT2D eigenvalue weighted by Gasteiger charge is 2.25. The molecular formula is C26H23FN2O3. The van der Waals surface area contributed by atoms with Gasteiger partial charge in [0, 0.05) is 24.2 Å². The molecule has 2 amide bonds. The Morgan fingerprint density at radius 2 is 1.75 bits per heavy atom. The highest BCUT2D eigenvalue weighted by Crippen LogP contribution is 2.26. The zero-order chi connectivity index (χ0) is 22.7. The first-order valence-electron chi connectivity index (χ1n) is 10.3. The number of carbonyl (C=O) groups is 2. The average Bonchev–Trinajstić information content (AvgIpc) is 2.81.